The quantitative estimate of drug-likeness (QED) is 0.804. The van der Waals surface area contributed by atoms with E-state index in [1.807, 2.05) is 18.2 Å². The van der Waals surface area contributed by atoms with Crippen LogP contribution in [0.5, 0.6) is 11.5 Å². The highest BCUT2D eigenvalue weighted by Gasteiger charge is 2.13. The molecule has 1 heterocycles. The van der Waals surface area contributed by atoms with E-state index in [0.29, 0.717) is 6.04 Å². The molecule has 0 aliphatic carbocycles. The molecule has 0 amide bonds. The summed E-state index contributed by atoms with van der Waals surface area (Å²) in [5.74, 6) is 1.77. The fourth-order valence-corrected chi connectivity index (χ4v) is 2.33. The molecule has 1 aliphatic heterocycles. The number of ether oxygens (including phenoxy) is 2. The Hall–Kier alpha value is -1.26. The fourth-order valence-electron chi connectivity index (χ4n) is 2.33. The second-order valence-corrected chi connectivity index (χ2v) is 4.60. The molecule has 0 bridgehead atoms. The highest BCUT2D eigenvalue weighted by molar-refractivity contribution is 5.40. The van der Waals surface area contributed by atoms with Crippen LogP contribution in [0.4, 0.5) is 0 Å². The maximum atomic E-state index is 5.36. The van der Waals surface area contributed by atoms with Gasteiger partial charge >= 0.3 is 0 Å². The summed E-state index contributed by atoms with van der Waals surface area (Å²) >= 11 is 0. The SMILES string of the molecule is COc1ccc(OC)c(CNCC2CCCN2)c1. The highest BCUT2D eigenvalue weighted by Crippen LogP contribution is 2.23. The third-order valence-electron chi connectivity index (χ3n) is 3.36. The van der Waals surface area contributed by atoms with Crippen LogP contribution in [0.15, 0.2) is 18.2 Å². The molecule has 4 nitrogen and oxygen atoms in total. The lowest BCUT2D eigenvalue weighted by atomic mass is 10.1. The first-order valence-electron chi connectivity index (χ1n) is 6.48. The monoisotopic (exact) mass is 250 g/mol. The van der Waals surface area contributed by atoms with Crippen molar-refractivity contribution in [3.05, 3.63) is 23.8 Å². The van der Waals surface area contributed by atoms with Gasteiger partial charge in [0, 0.05) is 24.7 Å². The van der Waals surface area contributed by atoms with Gasteiger partial charge in [-0.1, -0.05) is 0 Å². The highest BCUT2D eigenvalue weighted by atomic mass is 16.5. The Morgan fingerprint density at radius 2 is 2.22 bits per heavy atom. The molecule has 1 aliphatic rings. The van der Waals surface area contributed by atoms with Gasteiger partial charge in [0.05, 0.1) is 14.2 Å². The van der Waals surface area contributed by atoms with Gasteiger partial charge in [0.1, 0.15) is 11.5 Å². The van der Waals surface area contributed by atoms with Crippen LogP contribution in [-0.2, 0) is 6.54 Å². The minimum absolute atomic E-state index is 0.613. The van der Waals surface area contributed by atoms with E-state index in [2.05, 4.69) is 10.6 Å². The van der Waals surface area contributed by atoms with E-state index in [0.717, 1.165) is 36.7 Å². The molecule has 1 fully saturated rings. The average molecular weight is 250 g/mol. The van der Waals surface area contributed by atoms with Crippen molar-refractivity contribution in [1.82, 2.24) is 10.6 Å². The van der Waals surface area contributed by atoms with Gasteiger partial charge in [-0.3, -0.25) is 0 Å². The second-order valence-electron chi connectivity index (χ2n) is 4.60. The lowest BCUT2D eigenvalue weighted by Crippen LogP contribution is -2.33. The van der Waals surface area contributed by atoms with Crippen LogP contribution in [-0.4, -0.2) is 33.4 Å². The predicted octanol–water partition coefficient (Wildman–Crippen LogP) is 1.55. The fraction of sp³-hybridized carbons (Fsp3) is 0.571. The Morgan fingerprint density at radius 3 is 2.89 bits per heavy atom. The van der Waals surface area contributed by atoms with Gasteiger partial charge in [-0.25, -0.2) is 0 Å². The van der Waals surface area contributed by atoms with Gasteiger partial charge in [-0.2, -0.15) is 0 Å². The predicted molar refractivity (Wildman–Crippen MR) is 72.3 cm³/mol. The van der Waals surface area contributed by atoms with Gasteiger partial charge in [0.25, 0.3) is 0 Å². The van der Waals surface area contributed by atoms with Crippen LogP contribution >= 0.6 is 0 Å². The molecule has 100 valence electrons. The number of hydrogen-bond acceptors (Lipinski definition) is 4. The van der Waals surface area contributed by atoms with Crippen LogP contribution < -0.4 is 20.1 Å². The van der Waals surface area contributed by atoms with Crippen LogP contribution in [0, 0.1) is 0 Å². The molecule has 0 saturated carbocycles. The molecule has 18 heavy (non-hydrogen) atoms. The minimum Gasteiger partial charge on any atom is -0.497 e. The van der Waals surface area contributed by atoms with Gasteiger partial charge in [-0.15, -0.1) is 0 Å². The zero-order valence-electron chi connectivity index (χ0n) is 11.2. The van der Waals surface area contributed by atoms with Crippen LogP contribution in [0.25, 0.3) is 0 Å². The van der Waals surface area contributed by atoms with E-state index in [9.17, 15) is 0 Å². The summed E-state index contributed by atoms with van der Waals surface area (Å²) in [5, 5.41) is 6.95. The number of hydrogen-bond donors (Lipinski definition) is 2. The van der Waals surface area contributed by atoms with E-state index >= 15 is 0 Å². The molecule has 0 spiro atoms. The molecule has 2 rings (SSSR count). The molecule has 2 N–H and O–H groups in total. The summed E-state index contributed by atoms with van der Waals surface area (Å²) in [5.41, 5.74) is 1.13. The van der Waals surface area contributed by atoms with E-state index < -0.39 is 0 Å². The normalized spacial score (nSPS) is 18.9. The zero-order valence-corrected chi connectivity index (χ0v) is 11.2. The Labute approximate surface area is 109 Å². The molecular formula is C14H22N2O2. The topological polar surface area (TPSA) is 42.5 Å². The lowest BCUT2D eigenvalue weighted by molar-refractivity contribution is 0.396. The van der Waals surface area contributed by atoms with Crippen molar-refractivity contribution in [2.75, 3.05) is 27.3 Å². The van der Waals surface area contributed by atoms with Crippen molar-refractivity contribution >= 4 is 0 Å². The Balaban J connectivity index is 1.89. The molecule has 1 aromatic rings. The number of methoxy groups -OCH3 is 2. The minimum atomic E-state index is 0.613. The van der Waals surface area contributed by atoms with Crippen LogP contribution in [0.1, 0.15) is 18.4 Å². The third kappa shape index (κ3) is 3.37. The summed E-state index contributed by atoms with van der Waals surface area (Å²) in [4.78, 5) is 0. The second kappa shape index (κ2) is 6.61. The van der Waals surface area contributed by atoms with Gasteiger partial charge in [0.15, 0.2) is 0 Å². The molecule has 1 unspecified atom stereocenters. The van der Waals surface area contributed by atoms with Crippen molar-refractivity contribution < 1.29 is 9.47 Å². The number of nitrogens with one attached hydrogen (secondary N) is 2. The molecule has 0 radical (unpaired) electrons. The van der Waals surface area contributed by atoms with E-state index in [1.165, 1.54) is 12.8 Å². The van der Waals surface area contributed by atoms with Crippen molar-refractivity contribution in [1.29, 1.82) is 0 Å². The van der Waals surface area contributed by atoms with Gasteiger partial charge in [0.2, 0.25) is 0 Å². The zero-order chi connectivity index (χ0) is 12.8. The molecule has 1 aromatic carbocycles. The average Bonchev–Trinajstić information content (AvgIpc) is 2.92. The number of benzene rings is 1. The summed E-state index contributed by atoms with van der Waals surface area (Å²) in [7, 11) is 3.38. The molecular weight excluding hydrogens is 228 g/mol. The molecule has 1 saturated heterocycles. The summed E-state index contributed by atoms with van der Waals surface area (Å²) in [6.45, 7) is 2.95. The van der Waals surface area contributed by atoms with Gasteiger partial charge in [-0.05, 0) is 37.6 Å². The third-order valence-corrected chi connectivity index (χ3v) is 3.36. The largest absolute Gasteiger partial charge is 0.497 e. The first kappa shape index (κ1) is 13.2. The van der Waals surface area contributed by atoms with Gasteiger partial charge < -0.3 is 20.1 Å². The Morgan fingerprint density at radius 1 is 1.33 bits per heavy atom. The Bertz CT molecular complexity index is 376. The summed E-state index contributed by atoms with van der Waals surface area (Å²) < 4.78 is 10.6. The first-order valence-corrected chi connectivity index (χ1v) is 6.48. The number of rotatable bonds is 6. The van der Waals surface area contributed by atoms with E-state index in [4.69, 9.17) is 9.47 Å². The van der Waals surface area contributed by atoms with Crippen molar-refractivity contribution in [2.45, 2.75) is 25.4 Å². The van der Waals surface area contributed by atoms with Crippen LogP contribution in [0.3, 0.4) is 0 Å². The first-order chi connectivity index (χ1) is 8.83. The summed E-state index contributed by atoms with van der Waals surface area (Å²) in [6.07, 6.45) is 2.55. The lowest BCUT2D eigenvalue weighted by Gasteiger charge is -2.14. The molecule has 4 heteroatoms. The van der Waals surface area contributed by atoms with Crippen molar-refractivity contribution in [2.24, 2.45) is 0 Å². The maximum absolute atomic E-state index is 5.36. The van der Waals surface area contributed by atoms with E-state index in [-0.39, 0.29) is 0 Å². The summed E-state index contributed by atoms with van der Waals surface area (Å²) in [6, 6.07) is 6.50. The maximum Gasteiger partial charge on any atom is 0.123 e. The standard InChI is InChI=1S/C14H22N2O2/c1-17-13-5-6-14(18-2)11(8-13)9-15-10-12-4-3-7-16-12/h5-6,8,12,15-16H,3-4,7,9-10H2,1-2H3. The van der Waals surface area contributed by atoms with Crippen molar-refractivity contribution in [3.63, 3.8) is 0 Å². The smallest absolute Gasteiger partial charge is 0.123 e. The van der Waals surface area contributed by atoms with E-state index in [1.54, 1.807) is 14.2 Å². The Kier molecular flexibility index (Phi) is 4.84. The molecule has 0 aromatic heterocycles. The van der Waals surface area contributed by atoms with Crippen molar-refractivity contribution in [3.8, 4) is 11.5 Å². The van der Waals surface area contributed by atoms with Crippen LogP contribution in [0.2, 0.25) is 0 Å². The molecule has 1 atom stereocenters.